The smallest absolute Gasteiger partial charge is 0.389 e. The molecule has 4 rings (SSSR count). The Bertz CT molecular complexity index is 681. The SMILES string of the molecule is C[Si]1(c2ccco2)O[Si](C)(c2ccco2)O[Si](C)(c2ccco2)O1. The third kappa shape index (κ3) is 2.49. The van der Waals surface area contributed by atoms with Gasteiger partial charge in [-0.2, -0.15) is 0 Å². The zero-order chi connectivity index (χ0) is 16.8. The molecule has 0 aliphatic carbocycles. The molecule has 3 aromatic rings. The molecule has 1 fully saturated rings. The number of hydrogen-bond donors (Lipinski definition) is 0. The molecule has 0 bridgehead atoms. The Hall–Kier alpha value is -1.63. The van der Waals surface area contributed by atoms with Crippen LogP contribution < -0.4 is 16.2 Å². The number of furan rings is 3. The molecule has 9 heteroatoms. The normalized spacial score (nSPS) is 33.6. The van der Waals surface area contributed by atoms with E-state index in [-0.39, 0.29) is 0 Å². The number of hydrogen-bond acceptors (Lipinski definition) is 6. The summed E-state index contributed by atoms with van der Waals surface area (Å²) in [6, 6.07) is 11.2. The summed E-state index contributed by atoms with van der Waals surface area (Å²) in [5, 5.41) is 2.17. The van der Waals surface area contributed by atoms with Crippen LogP contribution in [-0.4, -0.2) is 25.7 Å². The highest BCUT2D eigenvalue weighted by Gasteiger charge is 2.62. The largest absolute Gasteiger partial charge is 0.469 e. The van der Waals surface area contributed by atoms with Crippen molar-refractivity contribution >= 4 is 41.8 Å². The van der Waals surface area contributed by atoms with Crippen LogP contribution in [0.25, 0.3) is 0 Å². The van der Waals surface area contributed by atoms with E-state index >= 15 is 0 Å². The maximum atomic E-state index is 6.48. The zero-order valence-corrected chi connectivity index (χ0v) is 16.6. The highest BCUT2D eigenvalue weighted by Crippen LogP contribution is 2.30. The topological polar surface area (TPSA) is 67.1 Å². The molecule has 0 spiro atoms. The summed E-state index contributed by atoms with van der Waals surface area (Å²) in [4.78, 5) is 0. The summed E-state index contributed by atoms with van der Waals surface area (Å²) in [6.45, 7) is 5.95. The summed E-state index contributed by atoms with van der Waals surface area (Å²) in [5.41, 5.74) is 0. The Kier molecular flexibility index (Phi) is 3.60. The first-order chi connectivity index (χ1) is 11.4. The lowest BCUT2D eigenvalue weighted by Crippen LogP contribution is -2.77. The molecule has 0 unspecified atom stereocenters. The van der Waals surface area contributed by atoms with Crippen LogP contribution in [0.2, 0.25) is 19.6 Å². The molecule has 0 N–H and O–H groups in total. The van der Waals surface area contributed by atoms with Crippen molar-refractivity contribution in [3.05, 3.63) is 55.2 Å². The van der Waals surface area contributed by atoms with Crippen molar-refractivity contribution in [2.45, 2.75) is 19.6 Å². The number of rotatable bonds is 3. The van der Waals surface area contributed by atoms with Crippen molar-refractivity contribution in [1.82, 2.24) is 0 Å². The third-order valence-electron chi connectivity index (χ3n) is 4.07. The minimum atomic E-state index is -2.83. The van der Waals surface area contributed by atoms with Gasteiger partial charge in [0.25, 0.3) is 0 Å². The Morgan fingerprint density at radius 3 is 1.04 bits per heavy atom. The molecular formula is C15H18O6Si3. The van der Waals surface area contributed by atoms with Gasteiger partial charge in [-0.05, 0) is 56.0 Å². The van der Waals surface area contributed by atoms with Crippen LogP contribution in [0.3, 0.4) is 0 Å². The predicted octanol–water partition coefficient (Wildman–Crippen LogP) is 1.77. The Morgan fingerprint density at radius 2 is 0.833 bits per heavy atom. The van der Waals surface area contributed by atoms with Crippen LogP contribution in [0.4, 0.5) is 0 Å². The molecule has 24 heavy (non-hydrogen) atoms. The first-order valence-corrected chi connectivity index (χ1v) is 14.6. The van der Waals surface area contributed by atoms with Crippen molar-refractivity contribution < 1.29 is 25.6 Å². The molecular weight excluding hydrogens is 360 g/mol. The average molecular weight is 379 g/mol. The zero-order valence-electron chi connectivity index (χ0n) is 13.6. The van der Waals surface area contributed by atoms with Gasteiger partial charge >= 0.3 is 25.7 Å². The monoisotopic (exact) mass is 378 g/mol. The van der Waals surface area contributed by atoms with Gasteiger partial charge in [-0.3, -0.25) is 0 Å². The molecule has 4 heterocycles. The highest BCUT2D eigenvalue weighted by atomic mass is 28.5. The van der Waals surface area contributed by atoms with E-state index in [2.05, 4.69) is 0 Å². The van der Waals surface area contributed by atoms with Gasteiger partial charge in [-0.1, -0.05) is 0 Å². The summed E-state index contributed by atoms with van der Waals surface area (Å²) in [6.07, 6.45) is 4.90. The van der Waals surface area contributed by atoms with E-state index in [9.17, 15) is 0 Å². The fourth-order valence-corrected chi connectivity index (χ4v) is 18.1. The maximum absolute atomic E-state index is 6.48. The van der Waals surface area contributed by atoms with Gasteiger partial charge < -0.3 is 25.6 Å². The quantitative estimate of drug-likeness (QED) is 0.647. The fraction of sp³-hybridized carbons (Fsp3) is 0.200. The van der Waals surface area contributed by atoms with E-state index in [0.717, 1.165) is 16.2 Å². The maximum Gasteiger partial charge on any atom is 0.389 e. The predicted molar refractivity (Wildman–Crippen MR) is 93.1 cm³/mol. The molecule has 1 aliphatic heterocycles. The minimum Gasteiger partial charge on any atom is -0.469 e. The lowest BCUT2D eigenvalue weighted by Gasteiger charge is -2.47. The molecule has 0 radical (unpaired) electrons. The van der Waals surface area contributed by atoms with Crippen molar-refractivity contribution in [2.75, 3.05) is 0 Å². The van der Waals surface area contributed by atoms with Crippen LogP contribution in [0, 0.1) is 0 Å². The van der Waals surface area contributed by atoms with Gasteiger partial charge in [0.05, 0.1) is 18.8 Å². The molecule has 1 aliphatic rings. The first kappa shape index (κ1) is 15.9. The van der Waals surface area contributed by atoms with Crippen molar-refractivity contribution in [3.8, 4) is 0 Å². The van der Waals surface area contributed by atoms with Gasteiger partial charge in [0.15, 0.2) is 0 Å². The van der Waals surface area contributed by atoms with E-state index in [1.165, 1.54) is 0 Å². The summed E-state index contributed by atoms with van der Waals surface area (Å²) in [7, 11) is -8.50. The molecule has 0 amide bonds. The van der Waals surface area contributed by atoms with E-state index in [1.54, 1.807) is 18.8 Å². The lowest BCUT2D eigenvalue weighted by molar-refractivity contribution is 0.238. The van der Waals surface area contributed by atoms with Gasteiger partial charge in [0.1, 0.15) is 16.2 Å². The Balaban J connectivity index is 1.83. The van der Waals surface area contributed by atoms with Gasteiger partial charge in [-0.15, -0.1) is 0 Å². The van der Waals surface area contributed by atoms with Crippen molar-refractivity contribution in [3.63, 3.8) is 0 Å². The summed E-state index contributed by atoms with van der Waals surface area (Å²) >= 11 is 0. The third-order valence-corrected chi connectivity index (χ3v) is 17.0. The second-order valence-electron chi connectivity index (χ2n) is 6.08. The molecule has 0 saturated carbocycles. The van der Waals surface area contributed by atoms with Crippen LogP contribution in [0.15, 0.2) is 68.4 Å². The van der Waals surface area contributed by atoms with Crippen LogP contribution in [0.1, 0.15) is 0 Å². The van der Waals surface area contributed by atoms with Crippen LogP contribution in [-0.2, 0) is 12.3 Å². The average Bonchev–Trinajstić information content (AvgIpc) is 3.27. The first-order valence-electron chi connectivity index (χ1n) is 7.66. The Labute approximate surface area is 142 Å². The Morgan fingerprint density at radius 1 is 0.542 bits per heavy atom. The molecule has 126 valence electrons. The molecule has 0 atom stereocenters. The van der Waals surface area contributed by atoms with Crippen LogP contribution >= 0.6 is 0 Å². The van der Waals surface area contributed by atoms with Crippen molar-refractivity contribution in [1.29, 1.82) is 0 Å². The molecule has 6 nitrogen and oxygen atoms in total. The lowest BCUT2D eigenvalue weighted by atomic mass is 10.7. The summed E-state index contributed by atoms with van der Waals surface area (Å²) in [5.74, 6) is 0. The molecule has 1 saturated heterocycles. The molecule has 0 aromatic carbocycles. The van der Waals surface area contributed by atoms with Gasteiger partial charge in [-0.25, -0.2) is 0 Å². The van der Waals surface area contributed by atoms with E-state index in [4.69, 9.17) is 25.6 Å². The fourth-order valence-electron chi connectivity index (χ4n) is 3.09. The van der Waals surface area contributed by atoms with Gasteiger partial charge in [0, 0.05) is 0 Å². The molecule has 3 aromatic heterocycles. The minimum absolute atomic E-state index is 0.723. The van der Waals surface area contributed by atoms with Crippen molar-refractivity contribution in [2.24, 2.45) is 0 Å². The van der Waals surface area contributed by atoms with E-state index in [1.807, 2.05) is 56.0 Å². The van der Waals surface area contributed by atoms with E-state index in [0.29, 0.717) is 0 Å². The standard InChI is InChI=1S/C15H18O6Si3/c1-22(13-7-4-10-16-13)19-23(2,14-8-5-11-17-14)21-24(3,20-22)15-9-6-12-18-15/h4-12H,1-3H3. The highest BCUT2D eigenvalue weighted by molar-refractivity contribution is 7.04. The van der Waals surface area contributed by atoms with Crippen LogP contribution in [0.5, 0.6) is 0 Å². The summed E-state index contributed by atoms with van der Waals surface area (Å²) < 4.78 is 36.4. The van der Waals surface area contributed by atoms with E-state index < -0.39 is 25.7 Å². The van der Waals surface area contributed by atoms with Gasteiger partial charge in [0.2, 0.25) is 0 Å². The second kappa shape index (κ2) is 5.44. The second-order valence-corrected chi connectivity index (χ2v) is 15.7.